The molecule has 0 radical (unpaired) electrons. The number of anilines is 1. The maximum Gasteiger partial charge on any atom is 0.253 e. The molecule has 1 fully saturated rings. The quantitative estimate of drug-likeness (QED) is 0.654. The zero-order chi connectivity index (χ0) is 14.5. The molecule has 1 aromatic carbocycles. The first-order valence-electron chi connectivity index (χ1n) is 7.44. The first-order chi connectivity index (χ1) is 9.58. The molecule has 0 saturated heterocycles. The van der Waals surface area contributed by atoms with Crippen molar-refractivity contribution in [2.24, 2.45) is 5.92 Å². The number of hydrogen-bond acceptors (Lipinski definition) is 2. The van der Waals surface area contributed by atoms with E-state index in [9.17, 15) is 4.79 Å². The van der Waals surface area contributed by atoms with Crippen LogP contribution in [0.5, 0.6) is 0 Å². The molecule has 0 spiro atoms. The molecule has 1 amide bonds. The smallest absolute Gasteiger partial charge is 0.253 e. The van der Waals surface area contributed by atoms with Crippen molar-refractivity contribution in [1.29, 1.82) is 0 Å². The van der Waals surface area contributed by atoms with Crippen molar-refractivity contribution >= 4 is 23.2 Å². The molecule has 1 aliphatic rings. The molecule has 1 saturated carbocycles. The standard InChI is InChI=1S/C16H23ClN2O/c1-11(12-6-4-2-3-5-7-12)19-16(20)14-9-8-13(17)10-15(14)18/h8-12H,2-7,18H2,1H3,(H,19,20)/t11-/m1/s1. The Morgan fingerprint density at radius 3 is 2.55 bits per heavy atom. The first kappa shape index (κ1) is 15.2. The van der Waals surface area contributed by atoms with Crippen LogP contribution in [0.4, 0.5) is 5.69 Å². The molecule has 0 aliphatic heterocycles. The number of nitrogens with two attached hydrogens (primary N) is 1. The molecular formula is C16H23ClN2O. The van der Waals surface area contributed by atoms with E-state index in [1.165, 1.54) is 38.5 Å². The lowest BCUT2D eigenvalue weighted by Crippen LogP contribution is -2.38. The van der Waals surface area contributed by atoms with E-state index in [0.717, 1.165) is 0 Å². The van der Waals surface area contributed by atoms with E-state index in [0.29, 0.717) is 22.2 Å². The van der Waals surface area contributed by atoms with Crippen LogP contribution in [0.1, 0.15) is 55.8 Å². The van der Waals surface area contributed by atoms with E-state index < -0.39 is 0 Å². The van der Waals surface area contributed by atoms with Crippen LogP contribution in [-0.2, 0) is 0 Å². The van der Waals surface area contributed by atoms with Crippen molar-refractivity contribution < 1.29 is 4.79 Å². The minimum Gasteiger partial charge on any atom is -0.398 e. The van der Waals surface area contributed by atoms with E-state index >= 15 is 0 Å². The third-order valence-electron chi connectivity index (χ3n) is 4.22. The van der Waals surface area contributed by atoms with E-state index in [-0.39, 0.29) is 11.9 Å². The molecule has 0 bridgehead atoms. The van der Waals surface area contributed by atoms with Crippen molar-refractivity contribution in [1.82, 2.24) is 5.32 Å². The fourth-order valence-electron chi connectivity index (χ4n) is 2.95. The van der Waals surface area contributed by atoms with Crippen LogP contribution in [-0.4, -0.2) is 11.9 Å². The third-order valence-corrected chi connectivity index (χ3v) is 4.46. The Kier molecular flexibility index (Phi) is 5.30. The van der Waals surface area contributed by atoms with Crippen molar-refractivity contribution in [2.45, 2.75) is 51.5 Å². The van der Waals surface area contributed by atoms with Crippen molar-refractivity contribution in [3.63, 3.8) is 0 Å². The number of carbonyl (C=O) groups excluding carboxylic acids is 1. The Balaban J connectivity index is 1.99. The average Bonchev–Trinajstić information content (AvgIpc) is 2.67. The molecule has 3 N–H and O–H groups in total. The summed E-state index contributed by atoms with van der Waals surface area (Å²) in [5.74, 6) is 0.478. The van der Waals surface area contributed by atoms with Crippen LogP contribution in [0.25, 0.3) is 0 Å². The fourth-order valence-corrected chi connectivity index (χ4v) is 3.13. The van der Waals surface area contributed by atoms with Crippen molar-refractivity contribution in [3.05, 3.63) is 28.8 Å². The Morgan fingerprint density at radius 1 is 1.30 bits per heavy atom. The number of halogens is 1. The van der Waals surface area contributed by atoms with Crippen LogP contribution in [0, 0.1) is 5.92 Å². The molecule has 110 valence electrons. The van der Waals surface area contributed by atoms with Gasteiger partial charge in [0, 0.05) is 16.8 Å². The molecule has 20 heavy (non-hydrogen) atoms. The molecule has 1 aromatic rings. The Morgan fingerprint density at radius 2 is 1.95 bits per heavy atom. The molecular weight excluding hydrogens is 272 g/mol. The molecule has 4 heteroatoms. The molecule has 1 atom stereocenters. The molecule has 1 aliphatic carbocycles. The van der Waals surface area contributed by atoms with Gasteiger partial charge in [0.05, 0.1) is 5.56 Å². The second-order valence-electron chi connectivity index (χ2n) is 5.75. The normalized spacial score (nSPS) is 18.3. The minimum absolute atomic E-state index is 0.101. The number of nitrogen functional groups attached to an aromatic ring is 1. The van der Waals surface area contributed by atoms with Crippen molar-refractivity contribution in [3.8, 4) is 0 Å². The highest BCUT2D eigenvalue weighted by atomic mass is 35.5. The maximum absolute atomic E-state index is 12.3. The first-order valence-corrected chi connectivity index (χ1v) is 7.81. The van der Waals surface area contributed by atoms with Gasteiger partial charge in [0.2, 0.25) is 0 Å². The predicted octanol–water partition coefficient (Wildman–Crippen LogP) is 4.01. The number of rotatable bonds is 3. The SMILES string of the molecule is C[C@@H](NC(=O)c1ccc(Cl)cc1N)C1CCCCCC1. The highest BCUT2D eigenvalue weighted by Crippen LogP contribution is 2.26. The van der Waals surface area contributed by atoms with Gasteiger partial charge in [-0.1, -0.05) is 37.3 Å². The lowest BCUT2D eigenvalue weighted by atomic mass is 9.93. The monoisotopic (exact) mass is 294 g/mol. The second kappa shape index (κ2) is 6.98. The Hall–Kier alpha value is -1.22. The molecule has 3 nitrogen and oxygen atoms in total. The topological polar surface area (TPSA) is 55.1 Å². The number of amides is 1. The van der Waals surface area contributed by atoms with Gasteiger partial charge in [0.25, 0.3) is 5.91 Å². The zero-order valence-electron chi connectivity index (χ0n) is 12.0. The average molecular weight is 295 g/mol. The van der Waals surface area contributed by atoms with E-state index in [4.69, 9.17) is 17.3 Å². The van der Waals surface area contributed by atoms with Gasteiger partial charge in [-0.25, -0.2) is 0 Å². The van der Waals surface area contributed by atoms with Gasteiger partial charge in [0.15, 0.2) is 0 Å². The third kappa shape index (κ3) is 3.89. The second-order valence-corrected chi connectivity index (χ2v) is 6.18. The van der Waals surface area contributed by atoms with Crippen LogP contribution in [0.15, 0.2) is 18.2 Å². The van der Waals surface area contributed by atoms with Crippen LogP contribution >= 0.6 is 11.6 Å². The van der Waals surface area contributed by atoms with Crippen molar-refractivity contribution in [2.75, 3.05) is 5.73 Å². The lowest BCUT2D eigenvalue weighted by Gasteiger charge is -2.23. The summed E-state index contributed by atoms with van der Waals surface area (Å²) in [4.78, 5) is 12.3. The summed E-state index contributed by atoms with van der Waals surface area (Å²) in [6.45, 7) is 2.10. The predicted molar refractivity (Wildman–Crippen MR) is 84.0 cm³/mol. The fraction of sp³-hybridized carbons (Fsp3) is 0.562. The summed E-state index contributed by atoms with van der Waals surface area (Å²) >= 11 is 5.86. The minimum atomic E-state index is -0.101. The number of benzene rings is 1. The van der Waals surface area contributed by atoms with Crippen LogP contribution in [0.2, 0.25) is 5.02 Å². The summed E-state index contributed by atoms with van der Waals surface area (Å²) in [6, 6.07) is 5.19. The van der Waals surface area contributed by atoms with E-state index in [2.05, 4.69) is 12.2 Å². The largest absolute Gasteiger partial charge is 0.398 e. The summed E-state index contributed by atoms with van der Waals surface area (Å²) in [6.07, 6.45) is 7.60. The van der Waals surface area contributed by atoms with Gasteiger partial charge >= 0.3 is 0 Å². The molecule has 0 heterocycles. The number of carbonyl (C=O) groups is 1. The summed E-state index contributed by atoms with van der Waals surface area (Å²) < 4.78 is 0. The van der Waals surface area contributed by atoms with Gasteiger partial charge < -0.3 is 11.1 Å². The summed E-state index contributed by atoms with van der Waals surface area (Å²) in [7, 11) is 0. The summed E-state index contributed by atoms with van der Waals surface area (Å²) in [5, 5.41) is 3.64. The molecule has 0 unspecified atom stereocenters. The van der Waals surface area contributed by atoms with E-state index in [1.54, 1.807) is 18.2 Å². The highest BCUT2D eigenvalue weighted by Gasteiger charge is 2.21. The van der Waals surface area contributed by atoms with Gasteiger partial charge in [-0.15, -0.1) is 0 Å². The molecule has 0 aromatic heterocycles. The molecule has 2 rings (SSSR count). The lowest BCUT2D eigenvalue weighted by molar-refractivity contribution is 0.0925. The highest BCUT2D eigenvalue weighted by molar-refractivity contribution is 6.31. The number of hydrogen-bond donors (Lipinski definition) is 2. The zero-order valence-corrected chi connectivity index (χ0v) is 12.7. The van der Waals surface area contributed by atoms with Gasteiger partial charge in [0.1, 0.15) is 0 Å². The van der Waals surface area contributed by atoms with Crippen LogP contribution < -0.4 is 11.1 Å². The van der Waals surface area contributed by atoms with E-state index in [1.807, 2.05) is 0 Å². The number of nitrogens with one attached hydrogen (secondary N) is 1. The summed E-state index contributed by atoms with van der Waals surface area (Å²) in [5.41, 5.74) is 6.80. The van der Waals surface area contributed by atoms with Gasteiger partial charge in [-0.05, 0) is 43.9 Å². The maximum atomic E-state index is 12.3. The van der Waals surface area contributed by atoms with Crippen LogP contribution in [0.3, 0.4) is 0 Å². The van der Waals surface area contributed by atoms with Gasteiger partial charge in [-0.3, -0.25) is 4.79 Å². The Bertz CT molecular complexity index is 468. The van der Waals surface area contributed by atoms with Gasteiger partial charge in [-0.2, -0.15) is 0 Å². The Labute approximate surface area is 125 Å².